The minimum Gasteiger partial charge on any atom is -0.464 e. The van der Waals surface area contributed by atoms with E-state index in [1.165, 1.54) is 25.5 Å². The molecule has 2 N–H and O–H groups in total. The van der Waals surface area contributed by atoms with Crippen LogP contribution in [0.15, 0.2) is 65.8 Å². The molecule has 1 aromatic carbocycles. The van der Waals surface area contributed by atoms with Crippen molar-refractivity contribution in [3.8, 4) is 0 Å². The number of benzene rings is 1. The van der Waals surface area contributed by atoms with Crippen molar-refractivity contribution in [2.45, 2.75) is 45.4 Å². The zero-order chi connectivity index (χ0) is 31.3. The van der Waals surface area contributed by atoms with E-state index in [1.54, 1.807) is 17.0 Å². The summed E-state index contributed by atoms with van der Waals surface area (Å²) in [5, 5.41) is 0. The van der Waals surface area contributed by atoms with Gasteiger partial charge in [0.05, 0.1) is 19.0 Å². The van der Waals surface area contributed by atoms with Gasteiger partial charge in [0.15, 0.2) is 17.3 Å². The Kier molecular flexibility index (Phi) is 9.46. The Balaban J connectivity index is 1.16. The molecular weight excluding hydrogens is 554 g/mol. The number of methoxy groups -OCH3 is 1. The van der Waals surface area contributed by atoms with E-state index in [0.717, 1.165) is 30.8 Å². The van der Waals surface area contributed by atoms with Gasteiger partial charge < -0.3 is 25.2 Å². The highest BCUT2D eigenvalue weighted by Gasteiger charge is 2.55. The van der Waals surface area contributed by atoms with Crippen LogP contribution in [-0.4, -0.2) is 79.5 Å². The maximum absolute atomic E-state index is 13.3. The summed E-state index contributed by atoms with van der Waals surface area (Å²) >= 11 is 0. The summed E-state index contributed by atoms with van der Waals surface area (Å²) in [7, 11) is 3.23. The van der Waals surface area contributed by atoms with Crippen LogP contribution in [0.5, 0.6) is 0 Å². The lowest BCUT2D eigenvalue weighted by atomic mass is 9.53. The van der Waals surface area contributed by atoms with Crippen LogP contribution in [0.2, 0.25) is 0 Å². The van der Waals surface area contributed by atoms with Gasteiger partial charge in [-0.25, -0.2) is 19.8 Å². The molecule has 5 rings (SSSR count). The number of aliphatic imine (C=N–C) groups is 1. The van der Waals surface area contributed by atoms with Gasteiger partial charge in [0.25, 0.3) is 5.91 Å². The molecule has 2 fully saturated rings. The Morgan fingerprint density at radius 3 is 2.55 bits per heavy atom. The number of hydrogen-bond donors (Lipinski definition) is 1. The number of amides is 1. The Hall–Kier alpha value is -4.47. The highest BCUT2D eigenvalue weighted by Crippen LogP contribution is 2.58. The van der Waals surface area contributed by atoms with Crippen molar-refractivity contribution in [1.82, 2.24) is 14.9 Å². The number of rotatable bonds is 11. The van der Waals surface area contributed by atoms with E-state index in [-0.39, 0.29) is 17.4 Å². The molecular formula is C34H43N7O3. The molecule has 1 saturated carbocycles. The van der Waals surface area contributed by atoms with Crippen LogP contribution in [-0.2, 0) is 9.53 Å². The molecule has 1 amide bonds. The van der Waals surface area contributed by atoms with Crippen LogP contribution in [0.1, 0.15) is 60.1 Å². The van der Waals surface area contributed by atoms with Crippen molar-refractivity contribution >= 4 is 35.0 Å². The molecule has 1 aliphatic carbocycles. The van der Waals surface area contributed by atoms with Gasteiger partial charge in [0.1, 0.15) is 5.82 Å². The van der Waals surface area contributed by atoms with E-state index in [9.17, 15) is 9.59 Å². The molecule has 1 spiro atoms. The number of aryl methyl sites for hydroxylation is 1. The van der Waals surface area contributed by atoms with Crippen LogP contribution in [0.25, 0.3) is 0 Å². The van der Waals surface area contributed by atoms with Crippen LogP contribution >= 0.6 is 0 Å². The highest BCUT2D eigenvalue weighted by atomic mass is 16.5. The maximum Gasteiger partial charge on any atom is 0.356 e. The largest absolute Gasteiger partial charge is 0.464 e. The van der Waals surface area contributed by atoms with Crippen LogP contribution in [0.4, 0.5) is 17.3 Å². The average molecular weight is 598 g/mol. The number of carbonyl (C=O) groups is 2. The van der Waals surface area contributed by atoms with E-state index in [1.807, 2.05) is 38.1 Å². The standard InChI is InChI=1S/C34H43N7O3/c1-5-17-40(19-10-18-39(3)29-14-9-13-28(37-29)33(43)44-4)32(42)30(35)38-31-24(2)20-26(21-36-31)41-22-34(23-41)16-15-27(34)25-11-7-6-8-12-25/h6-9,11-14,20-21,27H,5,10,15-19,22-23H2,1-4H3,(H2,35,36,38). The molecule has 0 bridgehead atoms. The normalized spacial score (nSPS) is 17.0. The fraction of sp³-hybridized carbons (Fsp3) is 0.441. The van der Waals surface area contributed by atoms with E-state index in [2.05, 4.69) is 56.3 Å². The van der Waals surface area contributed by atoms with Gasteiger partial charge in [-0.15, -0.1) is 0 Å². The highest BCUT2D eigenvalue weighted by molar-refractivity contribution is 6.37. The molecule has 1 unspecified atom stereocenters. The Morgan fingerprint density at radius 1 is 1.11 bits per heavy atom. The van der Waals surface area contributed by atoms with Crippen LogP contribution < -0.4 is 15.5 Å². The topological polar surface area (TPSA) is 117 Å². The van der Waals surface area contributed by atoms with Gasteiger partial charge >= 0.3 is 5.97 Å². The van der Waals surface area contributed by atoms with Crippen molar-refractivity contribution in [2.24, 2.45) is 16.1 Å². The number of nitrogens with zero attached hydrogens (tertiary/aromatic N) is 6. The summed E-state index contributed by atoms with van der Waals surface area (Å²) in [6.07, 6.45) is 5.85. The second-order valence-electron chi connectivity index (χ2n) is 12.0. The first-order chi connectivity index (χ1) is 21.2. The minimum atomic E-state index is -0.478. The lowest BCUT2D eigenvalue weighted by Gasteiger charge is -2.61. The van der Waals surface area contributed by atoms with Crippen molar-refractivity contribution in [3.05, 3.63) is 77.6 Å². The first-order valence-corrected chi connectivity index (χ1v) is 15.4. The molecule has 3 heterocycles. The van der Waals surface area contributed by atoms with Crippen molar-refractivity contribution in [2.75, 3.05) is 56.7 Å². The lowest BCUT2D eigenvalue weighted by Crippen LogP contribution is -2.63. The summed E-state index contributed by atoms with van der Waals surface area (Å²) in [4.78, 5) is 44.6. The molecule has 1 atom stereocenters. The third kappa shape index (κ3) is 6.54. The number of amidine groups is 1. The van der Waals surface area contributed by atoms with E-state index in [0.29, 0.717) is 49.0 Å². The summed E-state index contributed by atoms with van der Waals surface area (Å²) in [6.45, 7) is 7.76. The molecule has 232 valence electrons. The first kappa shape index (κ1) is 31.0. The first-order valence-electron chi connectivity index (χ1n) is 15.4. The van der Waals surface area contributed by atoms with Crippen LogP contribution in [0.3, 0.4) is 0 Å². The van der Waals surface area contributed by atoms with E-state index in [4.69, 9.17) is 10.5 Å². The van der Waals surface area contributed by atoms with Crippen molar-refractivity contribution < 1.29 is 14.3 Å². The number of pyridine rings is 2. The lowest BCUT2D eigenvalue weighted by molar-refractivity contribution is -0.124. The summed E-state index contributed by atoms with van der Waals surface area (Å²) in [5.74, 6) is 0.911. The fourth-order valence-corrected chi connectivity index (χ4v) is 6.40. The molecule has 3 aromatic rings. The molecule has 2 aliphatic rings. The number of ether oxygens (including phenoxy) is 1. The van der Waals surface area contributed by atoms with E-state index < -0.39 is 5.97 Å². The SMILES string of the molecule is CCCN(CCCN(C)c1cccc(C(=O)OC)n1)C(=O)C(N)=Nc1ncc(N2CC3(CCC3c3ccccc3)C2)cc1C. The summed E-state index contributed by atoms with van der Waals surface area (Å²) < 4.78 is 4.77. The number of hydrogen-bond acceptors (Lipinski definition) is 8. The van der Waals surface area contributed by atoms with Crippen molar-refractivity contribution in [1.29, 1.82) is 0 Å². The fourth-order valence-electron chi connectivity index (χ4n) is 6.40. The van der Waals surface area contributed by atoms with Gasteiger partial charge in [0, 0.05) is 45.2 Å². The number of aromatic nitrogens is 2. The second kappa shape index (κ2) is 13.4. The monoisotopic (exact) mass is 597 g/mol. The van der Waals surface area contributed by atoms with Gasteiger partial charge in [-0.3, -0.25) is 4.79 Å². The molecule has 10 nitrogen and oxygen atoms in total. The van der Waals surface area contributed by atoms with Gasteiger partial charge in [-0.1, -0.05) is 43.3 Å². The quantitative estimate of drug-likeness (QED) is 0.192. The molecule has 0 radical (unpaired) electrons. The summed E-state index contributed by atoms with van der Waals surface area (Å²) in [6, 6.07) is 18.2. The number of carbonyl (C=O) groups excluding carboxylic acids is 2. The maximum atomic E-state index is 13.3. The second-order valence-corrected chi connectivity index (χ2v) is 12.0. The van der Waals surface area contributed by atoms with Crippen molar-refractivity contribution in [3.63, 3.8) is 0 Å². The zero-order valence-corrected chi connectivity index (χ0v) is 26.2. The zero-order valence-electron chi connectivity index (χ0n) is 26.2. The van der Waals surface area contributed by atoms with Gasteiger partial charge in [0.2, 0.25) is 0 Å². The van der Waals surface area contributed by atoms with Gasteiger partial charge in [-0.2, -0.15) is 0 Å². The molecule has 1 aliphatic heterocycles. The predicted octanol–water partition coefficient (Wildman–Crippen LogP) is 4.71. The summed E-state index contributed by atoms with van der Waals surface area (Å²) in [5.41, 5.74) is 10.3. The minimum absolute atomic E-state index is 0.0642. The average Bonchev–Trinajstić information content (AvgIpc) is 3.00. The molecule has 44 heavy (non-hydrogen) atoms. The molecule has 10 heteroatoms. The molecule has 1 saturated heterocycles. The third-order valence-corrected chi connectivity index (χ3v) is 8.95. The Labute approximate surface area is 259 Å². The number of esters is 1. The Morgan fingerprint density at radius 2 is 1.89 bits per heavy atom. The van der Waals surface area contributed by atoms with Gasteiger partial charge in [-0.05, 0) is 67.9 Å². The molecule has 2 aromatic heterocycles. The predicted molar refractivity (Wildman–Crippen MR) is 174 cm³/mol. The van der Waals surface area contributed by atoms with E-state index >= 15 is 0 Å². The van der Waals surface area contributed by atoms with Crippen LogP contribution in [0, 0.1) is 12.3 Å². The number of anilines is 2. The third-order valence-electron chi connectivity index (χ3n) is 8.95. The Bertz CT molecular complexity index is 1500. The number of nitrogens with two attached hydrogens (primary N) is 1. The smallest absolute Gasteiger partial charge is 0.356 e.